The predicted molar refractivity (Wildman–Crippen MR) is 70.2 cm³/mol. The fraction of sp³-hybridized carbons (Fsp3) is 0.600. The van der Waals surface area contributed by atoms with Gasteiger partial charge in [-0.1, -0.05) is 18.5 Å². The van der Waals surface area contributed by atoms with Gasteiger partial charge in [0.05, 0.1) is 6.20 Å². The standard InChI is InChI=1S/C10H15ClN4S/c1-2-7-6-15(3-4-16-7)9-8(11)5-13-10(12)14-9/h5,7H,2-4,6H2,1H3,(H2,12,13,14). The summed E-state index contributed by atoms with van der Waals surface area (Å²) in [5.41, 5.74) is 5.59. The Kier molecular flexibility index (Phi) is 3.76. The molecule has 0 aliphatic carbocycles. The third kappa shape index (κ3) is 2.52. The number of halogens is 1. The van der Waals surface area contributed by atoms with E-state index in [9.17, 15) is 0 Å². The number of nitrogens with two attached hydrogens (primary N) is 1. The van der Waals surface area contributed by atoms with Crippen molar-refractivity contribution in [2.45, 2.75) is 18.6 Å². The number of nitrogen functional groups attached to an aromatic ring is 1. The van der Waals surface area contributed by atoms with Crippen LogP contribution in [0.2, 0.25) is 5.02 Å². The van der Waals surface area contributed by atoms with Crippen LogP contribution >= 0.6 is 23.4 Å². The van der Waals surface area contributed by atoms with Crippen LogP contribution in [0.1, 0.15) is 13.3 Å². The molecule has 88 valence electrons. The molecule has 1 aromatic rings. The summed E-state index contributed by atoms with van der Waals surface area (Å²) in [4.78, 5) is 10.3. The maximum Gasteiger partial charge on any atom is 0.222 e. The van der Waals surface area contributed by atoms with Crippen molar-refractivity contribution in [1.82, 2.24) is 9.97 Å². The van der Waals surface area contributed by atoms with Crippen molar-refractivity contribution in [1.29, 1.82) is 0 Å². The molecule has 1 aliphatic rings. The van der Waals surface area contributed by atoms with Gasteiger partial charge in [-0.3, -0.25) is 0 Å². The molecule has 6 heteroatoms. The van der Waals surface area contributed by atoms with Gasteiger partial charge in [-0.15, -0.1) is 0 Å². The summed E-state index contributed by atoms with van der Waals surface area (Å²) in [5, 5.41) is 1.23. The Morgan fingerprint density at radius 1 is 1.69 bits per heavy atom. The van der Waals surface area contributed by atoms with Crippen LogP contribution < -0.4 is 10.6 Å². The number of nitrogens with zero attached hydrogens (tertiary/aromatic N) is 3. The van der Waals surface area contributed by atoms with E-state index in [1.807, 2.05) is 11.8 Å². The highest BCUT2D eigenvalue weighted by molar-refractivity contribution is 8.00. The lowest BCUT2D eigenvalue weighted by Crippen LogP contribution is -2.38. The molecule has 1 saturated heterocycles. The van der Waals surface area contributed by atoms with Crippen molar-refractivity contribution < 1.29 is 0 Å². The molecule has 16 heavy (non-hydrogen) atoms. The van der Waals surface area contributed by atoms with Gasteiger partial charge in [0.15, 0.2) is 5.82 Å². The molecule has 0 saturated carbocycles. The Bertz CT molecular complexity index is 374. The Balaban J connectivity index is 2.19. The summed E-state index contributed by atoms with van der Waals surface area (Å²) in [6.07, 6.45) is 2.74. The maximum absolute atomic E-state index is 6.09. The SMILES string of the molecule is CCC1CN(c2nc(N)ncc2Cl)CCS1. The predicted octanol–water partition coefficient (Wildman–Crippen LogP) is 2.04. The van der Waals surface area contributed by atoms with Gasteiger partial charge < -0.3 is 10.6 Å². The quantitative estimate of drug-likeness (QED) is 0.880. The van der Waals surface area contributed by atoms with Gasteiger partial charge in [0.1, 0.15) is 5.02 Å². The van der Waals surface area contributed by atoms with Crippen molar-refractivity contribution in [3.8, 4) is 0 Å². The third-order valence-corrected chi connectivity index (χ3v) is 4.28. The fourth-order valence-corrected chi connectivity index (χ4v) is 3.14. The van der Waals surface area contributed by atoms with E-state index in [2.05, 4.69) is 21.8 Å². The summed E-state index contributed by atoms with van der Waals surface area (Å²) in [7, 11) is 0. The molecule has 2 rings (SSSR count). The molecule has 0 amide bonds. The van der Waals surface area contributed by atoms with Crippen LogP contribution in [-0.2, 0) is 0 Å². The minimum absolute atomic E-state index is 0.283. The second-order valence-electron chi connectivity index (χ2n) is 3.75. The molecule has 0 aromatic carbocycles. The van der Waals surface area contributed by atoms with Gasteiger partial charge in [0, 0.05) is 24.1 Å². The largest absolute Gasteiger partial charge is 0.368 e. The number of rotatable bonds is 2. The lowest BCUT2D eigenvalue weighted by molar-refractivity contribution is 0.719. The van der Waals surface area contributed by atoms with E-state index in [1.54, 1.807) is 6.20 Å². The van der Waals surface area contributed by atoms with Crippen LogP contribution in [0.15, 0.2) is 6.20 Å². The normalized spacial score (nSPS) is 21.1. The maximum atomic E-state index is 6.09. The number of anilines is 2. The first kappa shape index (κ1) is 11.8. The van der Waals surface area contributed by atoms with Gasteiger partial charge in [-0.05, 0) is 6.42 Å². The zero-order valence-corrected chi connectivity index (χ0v) is 10.8. The van der Waals surface area contributed by atoms with Crippen LogP contribution in [0.25, 0.3) is 0 Å². The number of hydrogen-bond donors (Lipinski definition) is 1. The average molecular weight is 259 g/mol. The van der Waals surface area contributed by atoms with Gasteiger partial charge in [0.2, 0.25) is 5.95 Å². The molecule has 4 nitrogen and oxygen atoms in total. The highest BCUT2D eigenvalue weighted by Gasteiger charge is 2.22. The van der Waals surface area contributed by atoms with E-state index in [1.165, 1.54) is 6.42 Å². The van der Waals surface area contributed by atoms with E-state index >= 15 is 0 Å². The first-order valence-corrected chi connectivity index (χ1v) is 6.78. The highest BCUT2D eigenvalue weighted by atomic mass is 35.5. The summed E-state index contributed by atoms with van der Waals surface area (Å²) in [5.74, 6) is 2.16. The van der Waals surface area contributed by atoms with E-state index in [0.717, 1.165) is 24.7 Å². The van der Waals surface area contributed by atoms with Gasteiger partial charge in [-0.2, -0.15) is 16.7 Å². The van der Waals surface area contributed by atoms with Crippen molar-refractivity contribution in [2.75, 3.05) is 29.5 Å². The molecule has 1 aliphatic heterocycles. The summed E-state index contributed by atoms with van der Waals surface area (Å²) >= 11 is 8.10. The molecule has 2 N–H and O–H groups in total. The first-order valence-electron chi connectivity index (χ1n) is 5.35. The third-order valence-electron chi connectivity index (χ3n) is 2.64. The van der Waals surface area contributed by atoms with Crippen molar-refractivity contribution in [3.63, 3.8) is 0 Å². The minimum atomic E-state index is 0.283. The van der Waals surface area contributed by atoms with Crippen LogP contribution in [0.3, 0.4) is 0 Å². The fourth-order valence-electron chi connectivity index (χ4n) is 1.75. The van der Waals surface area contributed by atoms with E-state index < -0.39 is 0 Å². The van der Waals surface area contributed by atoms with E-state index in [-0.39, 0.29) is 5.95 Å². The van der Waals surface area contributed by atoms with Crippen LogP contribution in [0.4, 0.5) is 11.8 Å². The number of thioether (sulfide) groups is 1. The summed E-state index contributed by atoms with van der Waals surface area (Å²) in [6.45, 7) is 4.16. The first-order chi connectivity index (χ1) is 7.70. The monoisotopic (exact) mass is 258 g/mol. The molecule has 0 spiro atoms. The van der Waals surface area contributed by atoms with Crippen LogP contribution in [0, 0.1) is 0 Å². The average Bonchev–Trinajstić information content (AvgIpc) is 2.32. The Labute approximate surface area is 105 Å². The van der Waals surface area contributed by atoms with Crippen molar-refractivity contribution >= 4 is 35.1 Å². The topological polar surface area (TPSA) is 55.0 Å². The molecular weight excluding hydrogens is 244 g/mol. The zero-order valence-electron chi connectivity index (χ0n) is 9.19. The van der Waals surface area contributed by atoms with Gasteiger partial charge in [-0.25, -0.2) is 4.98 Å². The number of aromatic nitrogens is 2. The molecular formula is C10H15ClN4S. The van der Waals surface area contributed by atoms with Crippen LogP contribution in [-0.4, -0.2) is 34.1 Å². The van der Waals surface area contributed by atoms with Gasteiger partial charge >= 0.3 is 0 Å². The molecule has 2 heterocycles. The van der Waals surface area contributed by atoms with E-state index in [4.69, 9.17) is 17.3 Å². The van der Waals surface area contributed by atoms with Crippen molar-refractivity contribution in [2.24, 2.45) is 0 Å². The highest BCUT2D eigenvalue weighted by Crippen LogP contribution is 2.29. The smallest absolute Gasteiger partial charge is 0.222 e. The summed E-state index contributed by atoms with van der Waals surface area (Å²) in [6, 6.07) is 0. The molecule has 1 fully saturated rings. The second-order valence-corrected chi connectivity index (χ2v) is 5.56. The Morgan fingerprint density at radius 3 is 3.25 bits per heavy atom. The van der Waals surface area contributed by atoms with Gasteiger partial charge in [0.25, 0.3) is 0 Å². The second kappa shape index (κ2) is 5.10. The Hall–Kier alpha value is -0.680. The summed E-state index contributed by atoms with van der Waals surface area (Å²) < 4.78 is 0. The lowest BCUT2D eigenvalue weighted by atomic mass is 10.3. The molecule has 1 unspecified atom stereocenters. The number of hydrogen-bond acceptors (Lipinski definition) is 5. The van der Waals surface area contributed by atoms with Crippen LogP contribution in [0.5, 0.6) is 0 Å². The Morgan fingerprint density at radius 2 is 2.50 bits per heavy atom. The van der Waals surface area contributed by atoms with Crippen molar-refractivity contribution in [3.05, 3.63) is 11.2 Å². The lowest BCUT2D eigenvalue weighted by Gasteiger charge is -2.33. The molecule has 1 aromatic heterocycles. The minimum Gasteiger partial charge on any atom is -0.368 e. The molecule has 0 bridgehead atoms. The van der Waals surface area contributed by atoms with E-state index in [0.29, 0.717) is 10.3 Å². The molecule has 1 atom stereocenters. The zero-order chi connectivity index (χ0) is 11.5. The molecule has 0 radical (unpaired) electrons.